The van der Waals surface area contributed by atoms with Crippen LogP contribution in [0.3, 0.4) is 0 Å². The first kappa shape index (κ1) is 18.1. The van der Waals surface area contributed by atoms with Crippen LogP contribution in [0.4, 0.5) is 0 Å². The smallest absolute Gasteiger partial charge is 0.338 e. The number of nitrogens with one attached hydrogen (secondary N) is 1. The number of fused-ring (bicyclic) bond motifs is 1. The molecule has 136 valence electrons. The van der Waals surface area contributed by atoms with Gasteiger partial charge < -0.3 is 19.5 Å². The summed E-state index contributed by atoms with van der Waals surface area (Å²) in [5, 5.41) is 2.74. The minimum atomic E-state index is -0.572. The molecular formula is C19H19NO5S. The Morgan fingerprint density at radius 1 is 1.08 bits per heavy atom. The van der Waals surface area contributed by atoms with Crippen molar-refractivity contribution in [2.75, 3.05) is 25.7 Å². The predicted octanol–water partition coefficient (Wildman–Crippen LogP) is 2.62. The van der Waals surface area contributed by atoms with Crippen LogP contribution >= 0.6 is 11.8 Å². The number of amides is 1. The van der Waals surface area contributed by atoms with Gasteiger partial charge in [-0.15, -0.1) is 0 Å². The molecule has 0 unspecified atom stereocenters. The SMILES string of the molecule is O=C(COC(=O)c1ccc2c(c1)OCO2)NCCSCc1ccccc1. The Morgan fingerprint density at radius 2 is 1.88 bits per heavy atom. The van der Waals surface area contributed by atoms with Gasteiger partial charge in [0.05, 0.1) is 5.56 Å². The van der Waals surface area contributed by atoms with Crippen LogP contribution in [0, 0.1) is 0 Å². The van der Waals surface area contributed by atoms with Crippen molar-refractivity contribution in [2.45, 2.75) is 5.75 Å². The Balaban J connectivity index is 1.32. The Kier molecular flexibility index (Phi) is 6.38. The lowest BCUT2D eigenvalue weighted by Gasteiger charge is -2.07. The van der Waals surface area contributed by atoms with Gasteiger partial charge in [-0.1, -0.05) is 30.3 Å². The zero-order chi connectivity index (χ0) is 18.2. The summed E-state index contributed by atoms with van der Waals surface area (Å²) >= 11 is 1.73. The molecule has 0 fully saturated rings. The minimum Gasteiger partial charge on any atom is -0.454 e. The molecule has 0 aliphatic carbocycles. The van der Waals surface area contributed by atoms with E-state index in [1.807, 2.05) is 18.2 Å². The maximum Gasteiger partial charge on any atom is 0.338 e. The molecule has 1 N–H and O–H groups in total. The molecular weight excluding hydrogens is 354 g/mol. The van der Waals surface area contributed by atoms with E-state index in [2.05, 4.69) is 17.4 Å². The molecule has 1 aliphatic heterocycles. The number of esters is 1. The van der Waals surface area contributed by atoms with Gasteiger partial charge in [0, 0.05) is 18.1 Å². The molecule has 0 aromatic heterocycles. The van der Waals surface area contributed by atoms with Crippen molar-refractivity contribution in [1.29, 1.82) is 0 Å². The molecule has 0 spiro atoms. The molecule has 6 nitrogen and oxygen atoms in total. The van der Waals surface area contributed by atoms with Crippen LogP contribution in [0.2, 0.25) is 0 Å². The third-order valence-electron chi connectivity index (χ3n) is 3.62. The van der Waals surface area contributed by atoms with E-state index in [9.17, 15) is 9.59 Å². The molecule has 1 heterocycles. The highest BCUT2D eigenvalue weighted by Crippen LogP contribution is 2.32. The van der Waals surface area contributed by atoms with Crippen LogP contribution in [0.15, 0.2) is 48.5 Å². The number of rotatable bonds is 8. The number of benzene rings is 2. The first-order valence-electron chi connectivity index (χ1n) is 8.17. The van der Waals surface area contributed by atoms with Crippen LogP contribution < -0.4 is 14.8 Å². The summed E-state index contributed by atoms with van der Waals surface area (Å²) in [6.07, 6.45) is 0. The average molecular weight is 373 g/mol. The van der Waals surface area contributed by atoms with Gasteiger partial charge in [0.1, 0.15) is 0 Å². The van der Waals surface area contributed by atoms with E-state index >= 15 is 0 Å². The van der Waals surface area contributed by atoms with Gasteiger partial charge in [-0.25, -0.2) is 4.79 Å². The van der Waals surface area contributed by atoms with Gasteiger partial charge in [-0.2, -0.15) is 11.8 Å². The van der Waals surface area contributed by atoms with Crippen LogP contribution in [0.1, 0.15) is 15.9 Å². The summed E-state index contributed by atoms with van der Waals surface area (Å²) in [5.41, 5.74) is 1.57. The topological polar surface area (TPSA) is 73.9 Å². The highest BCUT2D eigenvalue weighted by molar-refractivity contribution is 7.98. The van der Waals surface area contributed by atoms with E-state index in [0.717, 1.165) is 11.5 Å². The largest absolute Gasteiger partial charge is 0.454 e. The van der Waals surface area contributed by atoms with E-state index in [1.54, 1.807) is 30.0 Å². The molecule has 0 saturated carbocycles. The Labute approximate surface area is 155 Å². The van der Waals surface area contributed by atoms with E-state index in [0.29, 0.717) is 23.6 Å². The Morgan fingerprint density at radius 3 is 2.73 bits per heavy atom. The number of hydrogen-bond donors (Lipinski definition) is 1. The molecule has 1 amide bonds. The van der Waals surface area contributed by atoms with Crippen molar-refractivity contribution in [3.63, 3.8) is 0 Å². The first-order valence-corrected chi connectivity index (χ1v) is 9.33. The Hall–Kier alpha value is -2.67. The van der Waals surface area contributed by atoms with Gasteiger partial charge in [0.15, 0.2) is 18.1 Å². The summed E-state index contributed by atoms with van der Waals surface area (Å²) in [4.78, 5) is 23.7. The van der Waals surface area contributed by atoms with Crippen molar-refractivity contribution in [3.8, 4) is 11.5 Å². The molecule has 1 aliphatic rings. The van der Waals surface area contributed by atoms with Crippen molar-refractivity contribution < 1.29 is 23.8 Å². The third kappa shape index (κ3) is 5.16. The number of carbonyl (C=O) groups excluding carboxylic acids is 2. The summed E-state index contributed by atoms with van der Waals surface area (Å²) in [6, 6.07) is 14.9. The van der Waals surface area contributed by atoms with Gasteiger partial charge in [-0.3, -0.25) is 4.79 Å². The molecule has 0 bridgehead atoms. The highest BCUT2D eigenvalue weighted by Gasteiger charge is 2.17. The zero-order valence-electron chi connectivity index (χ0n) is 14.1. The summed E-state index contributed by atoms with van der Waals surface area (Å²) in [5.74, 6) is 1.88. The number of hydrogen-bond acceptors (Lipinski definition) is 6. The lowest BCUT2D eigenvalue weighted by atomic mass is 10.2. The Bertz CT molecular complexity index is 766. The quantitative estimate of drug-likeness (QED) is 0.566. The monoisotopic (exact) mass is 373 g/mol. The molecule has 7 heteroatoms. The van der Waals surface area contributed by atoms with Crippen molar-refractivity contribution in [1.82, 2.24) is 5.32 Å². The summed E-state index contributed by atoms with van der Waals surface area (Å²) in [7, 11) is 0. The van der Waals surface area contributed by atoms with Gasteiger partial charge in [0.25, 0.3) is 5.91 Å². The van der Waals surface area contributed by atoms with E-state index in [-0.39, 0.29) is 19.3 Å². The number of ether oxygens (including phenoxy) is 3. The van der Waals surface area contributed by atoms with E-state index in [1.165, 1.54) is 5.56 Å². The van der Waals surface area contributed by atoms with Crippen LogP contribution in [-0.2, 0) is 15.3 Å². The molecule has 2 aromatic rings. The predicted molar refractivity (Wildman–Crippen MR) is 98.5 cm³/mol. The molecule has 0 radical (unpaired) electrons. The summed E-state index contributed by atoms with van der Waals surface area (Å²) < 4.78 is 15.4. The lowest BCUT2D eigenvalue weighted by Crippen LogP contribution is -2.30. The van der Waals surface area contributed by atoms with Crippen molar-refractivity contribution in [2.24, 2.45) is 0 Å². The highest BCUT2D eigenvalue weighted by atomic mass is 32.2. The molecule has 2 aromatic carbocycles. The molecule has 0 saturated heterocycles. The zero-order valence-corrected chi connectivity index (χ0v) is 14.9. The van der Waals surface area contributed by atoms with Gasteiger partial charge in [0.2, 0.25) is 6.79 Å². The van der Waals surface area contributed by atoms with E-state index in [4.69, 9.17) is 14.2 Å². The first-order chi connectivity index (χ1) is 12.7. The summed E-state index contributed by atoms with van der Waals surface area (Å²) in [6.45, 7) is 0.354. The van der Waals surface area contributed by atoms with Crippen LogP contribution in [0.25, 0.3) is 0 Å². The second kappa shape index (κ2) is 9.15. The number of carbonyl (C=O) groups is 2. The fourth-order valence-corrected chi connectivity index (χ4v) is 3.13. The second-order valence-electron chi connectivity index (χ2n) is 5.53. The fourth-order valence-electron chi connectivity index (χ4n) is 2.32. The van der Waals surface area contributed by atoms with Crippen molar-refractivity contribution in [3.05, 3.63) is 59.7 Å². The van der Waals surface area contributed by atoms with Gasteiger partial charge in [-0.05, 0) is 23.8 Å². The second-order valence-corrected chi connectivity index (χ2v) is 6.64. The van der Waals surface area contributed by atoms with Crippen LogP contribution in [0.5, 0.6) is 11.5 Å². The fraction of sp³-hybridized carbons (Fsp3) is 0.263. The van der Waals surface area contributed by atoms with Crippen LogP contribution in [-0.4, -0.2) is 37.6 Å². The lowest BCUT2D eigenvalue weighted by molar-refractivity contribution is -0.124. The number of thioether (sulfide) groups is 1. The average Bonchev–Trinajstić information content (AvgIpc) is 3.14. The molecule has 3 rings (SSSR count). The normalized spacial score (nSPS) is 11.8. The maximum absolute atomic E-state index is 12.0. The minimum absolute atomic E-state index is 0.137. The maximum atomic E-state index is 12.0. The third-order valence-corrected chi connectivity index (χ3v) is 4.65. The standard InChI is InChI=1S/C19H19NO5S/c21-18(20-8-9-26-12-14-4-2-1-3-5-14)11-23-19(22)15-6-7-16-17(10-15)25-13-24-16/h1-7,10H,8-9,11-13H2,(H,20,21). The molecule has 26 heavy (non-hydrogen) atoms. The van der Waals surface area contributed by atoms with Crippen molar-refractivity contribution >= 4 is 23.6 Å². The van der Waals surface area contributed by atoms with Gasteiger partial charge >= 0.3 is 5.97 Å². The molecule has 0 atom stereocenters. The van der Waals surface area contributed by atoms with E-state index < -0.39 is 5.97 Å².